The average molecular weight is 392 g/mol. The molecule has 3 aromatic rings. The van der Waals surface area contributed by atoms with Crippen LogP contribution in [0.25, 0.3) is 22.5 Å². The summed E-state index contributed by atoms with van der Waals surface area (Å²) in [5, 5.41) is 14.8. The van der Waals surface area contributed by atoms with Crippen LogP contribution in [0.1, 0.15) is 28.2 Å². The minimum Gasteiger partial charge on any atom is -0.373 e. The largest absolute Gasteiger partial charge is 0.373 e. The van der Waals surface area contributed by atoms with E-state index in [0.717, 1.165) is 16.7 Å². The fourth-order valence-electron chi connectivity index (χ4n) is 3.47. The molecule has 1 saturated heterocycles. The van der Waals surface area contributed by atoms with E-state index < -0.39 is 17.4 Å². The predicted octanol–water partition coefficient (Wildman–Crippen LogP) is 1.86. The Kier molecular flexibility index (Phi) is 4.43. The molecular formula is C21H20N4O4. The lowest BCUT2D eigenvalue weighted by atomic mass is 9.96. The topological polar surface area (TPSA) is 123 Å². The molecule has 1 atom stereocenters. The van der Waals surface area contributed by atoms with Crippen LogP contribution in [-0.4, -0.2) is 45.6 Å². The van der Waals surface area contributed by atoms with Crippen LogP contribution in [0.15, 0.2) is 47.0 Å². The van der Waals surface area contributed by atoms with Crippen LogP contribution in [0.2, 0.25) is 0 Å². The zero-order chi connectivity index (χ0) is 20.8. The van der Waals surface area contributed by atoms with Crippen LogP contribution in [-0.2, 0) is 10.4 Å². The number of aromatic nitrogens is 2. The molecule has 3 heterocycles. The number of primary amides is 1. The highest BCUT2D eigenvalue weighted by Gasteiger charge is 2.48. The minimum absolute atomic E-state index is 0.123. The Hall–Kier alpha value is -3.52. The molecule has 0 bridgehead atoms. The van der Waals surface area contributed by atoms with Crippen LogP contribution in [0.3, 0.4) is 0 Å². The van der Waals surface area contributed by atoms with E-state index in [1.54, 1.807) is 31.3 Å². The fraction of sp³-hybridized carbons (Fsp3) is 0.238. The Morgan fingerprint density at radius 1 is 1.24 bits per heavy atom. The fourth-order valence-corrected chi connectivity index (χ4v) is 3.47. The van der Waals surface area contributed by atoms with E-state index in [1.165, 1.54) is 4.90 Å². The second-order valence-electron chi connectivity index (χ2n) is 7.22. The number of pyridine rings is 1. The number of nitrogens with zero attached hydrogens (tertiary/aromatic N) is 3. The predicted molar refractivity (Wildman–Crippen MR) is 105 cm³/mol. The Morgan fingerprint density at radius 3 is 2.72 bits per heavy atom. The Bertz CT molecular complexity index is 1120. The van der Waals surface area contributed by atoms with Crippen LogP contribution in [0.4, 0.5) is 0 Å². The number of aryl methyl sites for hydroxylation is 1. The van der Waals surface area contributed by atoms with Crippen molar-refractivity contribution in [1.29, 1.82) is 0 Å². The van der Waals surface area contributed by atoms with Gasteiger partial charge in [-0.1, -0.05) is 23.4 Å². The Morgan fingerprint density at radius 2 is 2.03 bits per heavy atom. The van der Waals surface area contributed by atoms with E-state index in [1.807, 2.05) is 25.1 Å². The molecule has 8 heteroatoms. The van der Waals surface area contributed by atoms with E-state index in [-0.39, 0.29) is 17.9 Å². The molecule has 0 saturated carbocycles. The highest BCUT2D eigenvalue weighted by Crippen LogP contribution is 2.35. The molecule has 1 unspecified atom stereocenters. The molecule has 0 spiro atoms. The summed E-state index contributed by atoms with van der Waals surface area (Å²) >= 11 is 0. The third-order valence-electron chi connectivity index (χ3n) is 5.24. The normalized spacial score (nSPS) is 19.0. The first-order valence-electron chi connectivity index (χ1n) is 9.13. The van der Waals surface area contributed by atoms with Gasteiger partial charge < -0.3 is 20.3 Å². The summed E-state index contributed by atoms with van der Waals surface area (Å²) in [5.74, 6) is -0.878. The van der Waals surface area contributed by atoms with E-state index in [2.05, 4.69) is 10.1 Å². The van der Waals surface area contributed by atoms with Crippen molar-refractivity contribution >= 4 is 11.8 Å². The summed E-state index contributed by atoms with van der Waals surface area (Å²) in [5.41, 5.74) is 7.42. The zero-order valence-corrected chi connectivity index (χ0v) is 16.0. The van der Waals surface area contributed by atoms with Crippen molar-refractivity contribution in [3.05, 3.63) is 59.5 Å². The van der Waals surface area contributed by atoms with Crippen molar-refractivity contribution in [2.24, 2.45) is 5.73 Å². The van der Waals surface area contributed by atoms with Gasteiger partial charge in [-0.25, -0.2) is 4.98 Å². The highest BCUT2D eigenvalue weighted by molar-refractivity contribution is 5.91. The van der Waals surface area contributed by atoms with Gasteiger partial charge in [0.05, 0.1) is 5.69 Å². The quantitative estimate of drug-likeness (QED) is 0.699. The molecule has 148 valence electrons. The van der Waals surface area contributed by atoms with E-state index in [9.17, 15) is 14.7 Å². The molecule has 29 heavy (non-hydrogen) atoms. The van der Waals surface area contributed by atoms with Gasteiger partial charge in [0, 0.05) is 37.2 Å². The third kappa shape index (κ3) is 3.17. The van der Waals surface area contributed by atoms with Crippen molar-refractivity contribution in [2.75, 3.05) is 13.6 Å². The first-order valence-corrected chi connectivity index (χ1v) is 9.13. The third-order valence-corrected chi connectivity index (χ3v) is 5.24. The van der Waals surface area contributed by atoms with E-state index >= 15 is 0 Å². The molecule has 0 radical (unpaired) electrons. The standard InChI is InChI=1S/C21H20N4O4/c1-12-6-7-13(10-14(12)15-4-3-5-16(23-15)19(22)26)17-11-18(29-24-17)21(28)8-9-25(2)20(21)27/h3-7,10-11,28H,8-9H2,1-2H3,(H2,22,26). The molecule has 2 amide bonds. The molecular weight excluding hydrogens is 372 g/mol. The molecule has 1 aliphatic heterocycles. The molecule has 1 aliphatic rings. The zero-order valence-electron chi connectivity index (χ0n) is 16.0. The molecule has 8 nitrogen and oxygen atoms in total. The summed E-state index contributed by atoms with van der Waals surface area (Å²) in [6.45, 7) is 2.38. The Balaban J connectivity index is 1.72. The number of likely N-dealkylation sites (N-methyl/N-ethyl adjacent to an activating group) is 1. The number of aliphatic hydroxyl groups is 1. The summed E-state index contributed by atoms with van der Waals surface area (Å²) in [6.07, 6.45) is 0.250. The maximum atomic E-state index is 12.3. The molecule has 3 N–H and O–H groups in total. The Labute approximate surface area is 166 Å². The number of likely N-dealkylation sites (tertiary alicyclic amines) is 1. The number of rotatable bonds is 4. The van der Waals surface area contributed by atoms with Crippen molar-refractivity contribution < 1.29 is 19.2 Å². The van der Waals surface area contributed by atoms with Crippen molar-refractivity contribution in [1.82, 2.24) is 15.0 Å². The number of hydrogen-bond donors (Lipinski definition) is 2. The minimum atomic E-state index is -1.69. The SMILES string of the molecule is Cc1ccc(-c2cc(C3(O)CCN(C)C3=O)on2)cc1-c1cccc(C(N)=O)n1. The second kappa shape index (κ2) is 6.82. The smallest absolute Gasteiger partial charge is 0.267 e. The molecule has 1 fully saturated rings. The molecule has 2 aromatic heterocycles. The van der Waals surface area contributed by atoms with Gasteiger partial charge in [-0.3, -0.25) is 9.59 Å². The first-order chi connectivity index (χ1) is 13.8. The van der Waals surface area contributed by atoms with Gasteiger partial charge in [0.25, 0.3) is 11.8 Å². The lowest BCUT2D eigenvalue weighted by molar-refractivity contribution is -0.144. The summed E-state index contributed by atoms with van der Waals surface area (Å²) in [6, 6.07) is 12.3. The number of benzene rings is 1. The van der Waals surface area contributed by atoms with Gasteiger partial charge in [0.1, 0.15) is 11.4 Å². The number of carbonyl (C=O) groups excluding carboxylic acids is 2. The van der Waals surface area contributed by atoms with Crippen LogP contribution >= 0.6 is 0 Å². The number of nitrogens with two attached hydrogens (primary N) is 1. The summed E-state index contributed by atoms with van der Waals surface area (Å²) in [4.78, 5) is 29.5. The van der Waals surface area contributed by atoms with E-state index in [0.29, 0.717) is 17.9 Å². The van der Waals surface area contributed by atoms with Crippen LogP contribution < -0.4 is 5.73 Å². The first kappa shape index (κ1) is 18.8. The van der Waals surface area contributed by atoms with Crippen molar-refractivity contribution in [3.8, 4) is 22.5 Å². The van der Waals surface area contributed by atoms with Crippen LogP contribution in [0, 0.1) is 6.92 Å². The lowest BCUT2D eigenvalue weighted by Crippen LogP contribution is -2.35. The summed E-state index contributed by atoms with van der Waals surface area (Å²) in [7, 11) is 1.64. The van der Waals surface area contributed by atoms with Gasteiger partial charge >= 0.3 is 0 Å². The molecule has 0 aliphatic carbocycles. The van der Waals surface area contributed by atoms with Crippen molar-refractivity contribution in [2.45, 2.75) is 18.9 Å². The molecule has 4 rings (SSSR count). The van der Waals surface area contributed by atoms with Crippen LogP contribution in [0.5, 0.6) is 0 Å². The number of amides is 2. The van der Waals surface area contributed by atoms with Gasteiger partial charge in [0.2, 0.25) is 5.60 Å². The van der Waals surface area contributed by atoms with E-state index in [4.69, 9.17) is 10.3 Å². The maximum Gasteiger partial charge on any atom is 0.267 e. The summed E-state index contributed by atoms with van der Waals surface area (Å²) < 4.78 is 5.33. The van der Waals surface area contributed by atoms with Crippen molar-refractivity contribution in [3.63, 3.8) is 0 Å². The molecule has 1 aromatic carbocycles. The monoisotopic (exact) mass is 392 g/mol. The lowest BCUT2D eigenvalue weighted by Gasteiger charge is -2.16. The maximum absolute atomic E-state index is 12.3. The number of hydrogen-bond acceptors (Lipinski definition) is 6. The van der Waals surface area contributed by atoms with Gasteiger partial charge in [-0.2, -0.15) is 0 Å². The average Bonchev–Trinajstić information content (AvgIpc) is 3.31. The number of carbonyl (C=O) groups is 2. The highest BCUT2D eigenvalue weighted by atomic mass is 16.5. The van der Waals surface area contributed by atoms with Gasteiger partial charge in [0.15, 0.2) is 5.76 Å². The second-order valence-corrected chi connectivity index (χ2v) is 7.22. The van der Waals surface area contributed by atoms with Gasteiger partial charge in [-0.15, -0.1) is 0 Å². The van der Waals surface area contributed by atoms with Gasteiger partial charge in [-0.05, 0) is 30.7 Å².